The Morgan fingerprint density at radius 2 is 2.18 bits per heavy atom. The molecule has 1 aliphatic heterocycles. The van der Waals surface area contributed by atoms with Crippen LogP contribution in [0.2, 0.25) is 0 Å². The van der Waals surface area contributed by atoms with E-state index in [4.69, 9.17) is 11.6 Å². The minimum absolute atomic E-state index is 0.139. The van der Waals surface area contributed by atoms with Gasteiger partial charge in [-0.2, -0.15) is 0 Å². The van der Waals surface area contributed by atoms with Crippen LogP contribution in [-0.2, 0) is 9.84 Å². The van der Waals surface area contributed by atoms with Gasteiger partial charge in [0.25, 0.3) is 0 Å². The number of hydrogen-bond acceptors (Lipinski definition) is 3. The first kappa shape index (κ1) is 7.31. The van der Waals surface area contributed by atoms with Crippen molar-refractivity contribution < 1.29 is 8.42 Å². The number of rotatable bonds is 1. The van der Waals surface area contributed by atoms with E-state index in [0.29, 0.717) is 0 Å². The Labute approximate surface area is 69.7 Å². The fourth-order valence-corrected chi connectivity index (χ4v) is 2.55. The second-order valence-corrected chi connectivity index (χ2v) is 5.17. The van der Waals surface area contributed by atoms with Gasteiger partial charge in [0.05, 0.1) is 6.20 Å². The summed E-state index contributed by atoms with van der Waals surface area (Å²) in [7, 11) is -3.33. The normalized spacial score (nSPS) is 28.1. The number of aliphatic imine (C=N–C) groups is 1. The summed E-state index contributed by atoms with van der Waals surface area (Å²) in [6, 6.07) is 0. The van der Waals surface area contributed by atoms with E-state index in [1.807, 2.05) is 0 Å². The first-order chi connectivity index (χ1) is 5.12. The highest BCUT2D eigenvalue weighted by molar-refractivity contribution is 8.11. The Morgan fingerprint density at radius 1 is 1.55 bits per heavy atom. The van der Waals surface area contributed by atoms with Crippen LogP contribution in [0.25, 0.3) is 0 Å². The average Bonchev–Trinajstić information content (AvgIpc) is 2.67. The Hall–Kier alpha value is -0.350. The van der Waals surface area contributed by atoms with E-state index in [1.165, 1.54) is 6.20 Å². The summed E-state index contributed by atoms with van der Waals surface area (Å²) in [6.07, 6.45) is 3.07. The zero-order valence-corrected chi connectivity index (χ0v) is 7.19. The molecule has 0 aromatic carbocycles. The molecule has 11 heavy (non-hydrogen) atoms. The van der Waals surface area contributed by atoms with Gasteiger partial charge in [-0.1, -0.05) is 11.6 Å². The van der Waals surface area contributed by atoms with Crippen molar-refractivity contribution in [2.75, 3.05) is 0 Å². The van der Waals surface area contributed by atoms with Crippen molar-refractivity contribution in [3.05, 3.63) is 10.6 Å². The molecule has 0 spiro atoms. The Bertz CT molecular complexity index is 351. The zero-order valence-electron chi connectivity index (χ0n) is 5.62. The molecule has 0 aromatic heterocycles. The van der Waals surface area contributed by atoms with Crippen molar-refractivity contribution in [1.29, 1.82) is 0 Å². The van der Waals surface area contributed by atoms with Gasteiger partial charge in [-0.25, -0.2) is 13.4 Å². The maximum atomic E-state index is 11.2. The van der Waals surface area contributed by atoms with Crippen LogP contribution in [0.3, 0.4) is 0 Å². The van der Waals surface area contributed by atoms with E-state index < -0.39 is 9.84 Å². The highest BCUT2D eigenvalue weighted by atomic mass is 35.5. The van der Waals surface area contributed by atoms with Crippen LogP contribution < -0.4 is 0 Å². The van der Waals surface area contributed by atoms with E-state index in [1.54, 1.807) is 0 Å². The molecular weight excluding hydrogens is 186 g/mol. The van der Waals surface area contributed by atoms with Crippen molar-refractivity contribution in [1.82, 2.24) is 0 Å². The van der Waals surface area contributed by atoms with E-state index in [-0.39, 0.29) is 15.3 Å². The minimum Gasteiger partial charge on any atom is -0.246 e. The number of sulfone groups is 1. The Kier molecular flexibility index (Phi) is 1.38. The molecule has 3 nitrogen and oxygen atoms in total. The van der Waals surface area contributed by atoms with Gasteiger partial charge in [-0.05, 0) is 12.8 Å². The van der Waals surface area contributed by atoms with Crippen molar-refractivity contribution in [3.8, 4) is 0 Å². The lowest BCUT2D eigenvalue weighted by Gasteiger charge is -1.95. The topological polar surface area (TPSA) is 46.5 Å². The molecule has 1 heterocycles. The second kappa shape index (κ2) is 2.08. The number of nitrogens with zero attached hydrogens (tertiary/aromatic N) is 1. The first-order valence-corrected chi connectivity index (χ1v) is 5.17. The van der Waals surface area contributed by atoms with Crippen molar-refractivity contribution >= 4 is 26.5 Å². The lowest BCUT2D eigenvalue weighted by Crippen LogP contribution is -2.12. The van der Waals surface area contributed by atoms with Gasteiger partial charge in [0.2, 0.25) is 9.84 Å². The molecule has 5 heteroatoms. The Morgan fingerprint density at radius 3 is 2.55 bits per heavy atom. The fraction of sp³-hybridized carbons (Fsp3) is 0.500. The molecule has 0 saturated heterocycles. The van der Waals surface area contributed by atoms with Gasteiger partial charge >= 0.3 is 0 Å². The second-order valence-electron chi connectivity index (χ2n) is 2.68. The molecule has 1 fully saturated rings. The van der Waals surface area contributed by atoms with Crippen molar-refractivity contribution in [2.45, 2.75) is 12.8 Å². The maximum absolute atomic E-state index is 11.2. The molecule has 0 N–H and O–H groups in total. The number of hydrogen-bond donors (Lipinski definition) is 0. The molecule has 0 unspecified atom stereocenters. The molecule has 2 rings (SSSR count). The lowest BCUT2D eigenvalue weighted by atomic mass is 10.5. The summed E-state index contributed by atoms with van der Waals surface area (Å²) < 4.78 is 22.3. The summed E-state index contributed by atoms with van der Waals surface area (Å²) in [5.41, 5.74) is 0. The molecule has 60 valence electrons. The molecule has 0 radical (unpaired) electrons. The predicted octanol–water partition coefficient (Wildman–Crippen LogP) is 1.26. The SMILES string of the molecule is O=S1(=O)C(Cl)=CN=C1C1CC1. The highest BCUT2D eigenvalue weighted by Gasteiger charge is 2.39. The highest BCUT2D eigenvalue weighted by Crippen LogP contribution is 2.37. The smallest absolute Gasteiger partial charge is 0.232 e. The van der Waals surface area contributed by atoms with Crippen LogP contribution in [-0.4, -0.2) is 13.5 Å². The molecule has 0 aromatic rings. The summed E-state index contributed by atoms with van der Waals surface area (Å²) in [6.45, 7) is 0. The first-order valence-electron chi connectivity index (χ1n) is 3.31. The molecule has 1 saturated carbocycles. The average molecular weight is 192 g/mol. The molecule has 2 aliphatic rings. The monoisotopic (exact) mass is 191 g/mol. The molecular formula is C6H6ClNO2S. The quantitative estimate of drug-likeness (QED) is 0.627. The standard InChI is InChI=1S/C6H6ClNO2S/c7-5-3-8-6(4-1-2-4)11(5,9)10/h3-4H,1-2H2. The zero-order chi connectivity index (χ0) is 8.06. The van der Waals surface area contributed by atoms with Crippen LogP contribution >= 0.6 is 11.6 Å². The van der Waals surface area contributed by atoms with E-state index >= 15 is 0 Å². The predicted molar refractivity (Wildman–Crippen MR) is 43.0 cm³/mol. The van der Waals surface area contributed by atoms with Crippen LogP contribution in [0.4, 0.5) is 0 Å². The summed E-state index contributed by atoms with van der Waals surface area (Å²) in [5, 5.41) is 0.266. The molecule has 1 aliphatic carbocycles. The largest absolute Gasteiger partial charge is 0.246 e. The number of halogens is 1. The summed E-state index contributed by atoms with van der Waals surface area (Å²) in [5.74, 6) is 0.146. The molecule has 0 amide bonds. The van der Waals surface area contributed by atoms with Crippen LogP contribution in [0.15, 0.2) is 15.6 Å². The van der Waals surface area contributed by atoms with Gasteiger partial charge in [0, 0.05) is 5.92 Å². The van der Waals surface area contributed by atoms with E-state index in [0.717, 1.165) is 12.8 Å². The van der Waals surface area contributed by atoms with Crippen molar-refractivity contribution in [2.24, 2.45) is 10.9 Å². The third-order valence-electron chi connectivity index (χ3n) is 1.75. The summed E-state index contributed by atoms with van der Waals surface area (Å²) in [4.78, 5) is 3.77. The van der Waals surface area contributed by atoms with Gasteiger partial charge in [0.15, 0.2) is 4.36 Å². The summed E-state index contributed by atoms with van der Waals surface area (Å²) >= 11 is 5.43. The van der Waals surface area contributed by atoms with Gasteiger partial charge in [-0.3, -0.25) is 0 Å². The van der Waals surface area contributed by atoms with Gasteiger partial charge < -0.3 is 0 Å². The Balaban J connectivity index is 2.42. The third kappa shape index (κ3) is 1.01. The van der Waals surface area contributed by atoms with Crippen LogP contribution in [0.1, 0.15) is 12.8 Å². The van der Waals surface area contributed by atoms with E-state index in [2.05, 4.69) is 4.99 Å². The molecule has 0 atom stereocenters. The van der Waals surface area contributed by atoms with Gasteiger partial charge in [0.1, 0.15) is 5.04 Å². The maximum Gasteiger partial charge on any atom is 0.232 e. The van der Waals surface area contributed by atoms with Crippen LogP contribution in [0, 0.1) is 5.92 Å². The molecule has 0 bridgehead atoms. The van der Waals surface area contributed by atoms with Crippen LogP contribution in [0.5, 0.6) is 0 Å². The fourth-order valence-electron chi connectivity index (χ4n) is 1.01. The van der Waals surface area contributed by atoms with E-state index in [9.17, 15) is 8.42 Å². The van der Waals surface area contributed by atoms with Crippen molar-refractivity contribution in [3.63, 3.8) is 0 Å². The van der Waals surface area contributed by atoms with Gasteiger partial charge in [-0.15, -0.1) is 0 Å². The minimum atomic E-state index is -3.33. The third-order valence-corrected chi connectivity index (χ3v) is 4.07. The lowest BCUT2D eigenvalue weighted by molar-refractivity contribution is 0.614.